The van der Waals surface area contributed by atoms with Gasteiger partial charge in [-0.05, 0) is 61.2 Å². The molecule has 33 heavy (non-hydrogen) atoms. The Kier molecular flexibility index (Phi) is 9.18. The van der Waals surface area contributed by atoms with Crippen LogP contribution in [0, 0.1) is 0 Å². The number of ether oxygens (including phenoxy) is 1. The van der Waals surface area contributed by atoms with Crippen LogP contribution in [0.1, 0.15) is 57.9 Å². The van der Waals surface area contributed by atoms with Gasteiger partial charge in [0.1, 0.15) is 11.6 Å². The number of aromatic nitrogens is 2. The van der Waals surface area contributed by atoms with Gasteiger partial charge in [0, 0.05) is 5.56 Å². The lowest BCUT2D eigenvalue weighted by Crippen LogP contribution is -2.08. The molecule has 0 amide bonds. The Hall–Kier alpha value is -3.48. The molecule has 0 radical (unpaired) electrons. The molecule has 3 aromatic rings. The predicted molar refractivity (Wildman–Crippen MR) is 131 cm³/mol. The smallest absolute Gasteiger partial charge is 0.283 e. The predicted octanol–water partition coefficient (Wildman–Crippen LogP) is 6.86. The number of azo groups is 1. The van der Waals surface area contributed by atoms with Gasteiger partial charge in [-0.2, -0.15) is 10.1 Å². The third-order valence-corrected chi connectivity index (χ3v) is 5.29. The van der Waals surface area contributed by atoms with E-state index in [1.807, 2.05) is 36.4 Å². The molecule has 2 aromatic carbocycles. The third kappa shape index (κ3) is 7.27. The first-order valence-electron chi connectivity index (χ1n) is 11.7. The molecule has 1 heterocycles. The molecule has 0 aliphatic rings. The molecule has 0 saturated carbocycles. The summed E-state index contributed by atoms with van der Waals surface area (Å²) in [4.78, 5) is 19.2. The summed E-state index contributed by atoms with van der Waals surface area (Å²) in [5, 5.41) is 18.3. The minimum atomic E-state index is -0.558. The fourth-order valence-electron chi connectivity index (χ4n) is 3.32. The summed E-state index contributed by atoms with van der Waals surface area (Å²) in [6, 6.07) is 14.9. The quantitative estimate of drug-likeness (QED) is 0.233. The number of rotatable bonds is 12. The lowest BCUT2D eigenvalue weighted by molar-refractivity contribution is 0.309. The minimum Gasteiger partial charge on any atom is -0.494 e. The molecule has 3 rings (SSSR count). The molecule has 0 saturated heterocycles. The van der Waals surface area contributed by atoms with Crippen LogP contribution in [0.5, 0.6) is 11.6 Å². The lowest BCUT2D eigenvalue weighted by atomic mass is 10.1. The van der Waals surface area contributed by atoms with Gasteiger partial charge in [0.05, 0.1) is 12.3 Å². The van der Waals surface area contributed by atoms with Crippen LogP contribution in [0.25, 0.3) is 11.4 Å². The minimum absolute atomic E-state index is 0.220. The zero-order chi connectivity index (χ0) is 23.5. The molecule has 0 bridgehead atoms. The second kappa shape index (κ2) is 12.5. The second-order valence-corrected chi connectivity index (χ2v) is 7.99. The van der Waals surface area contributed by atoms with Crippen molar-refractivity contribution in [2.24, 2.45) is 10.2 Å². The standard InChI is InChI=1S/C26H32N4O3/c1-3-5-7-8-9-19-10-14-21(15-11-19)29-30-23-25(31)27-24(28-26(23)32)20-12-16-22(17-13-20)33-18-6-4-2/h10-17H,3-9,18H2,1-2H3,(H2,27,28,31,32). The summed E-state index contributed by atoms with van der Waals surface area (Å²) < 4.78 is 5.65. The average Bonchev–Trinajstić information content (AvgIpc) is 2.83. The summed E-state index contributed by atoms with van der Waals surface area (Å²) in [5.41, 5.74) is 1.73. The summed E-state index contributed by atoms with van der Waals surface area (Å²) >= 11 is 0. The van der Waals surface area contributed by atoms with Gasteiger partial charge in [0.2, 0.25) is 11.6 Å². The highest BCUT2D eigenvalue weighted by molar-refractivity contribution is 5.59. The molecular weight excluding hydrogens is 416 g/mol. The van der Waals surface area contributed by atoms with Gasteiger partial charge in [0.25, 0.3) is 5.56 Å². The molecular formula is C26H32N4O3. The number of unbranched alkanes of at least 4 members (excludes halogenated alkanes) is 4. The first kappa shape index (κ1) is 24.2. The fourth-order valence-corrected chi connectivity index (χ4v) is 3.32. The molecule has 0 unspecified atom stereocenters. The van der Waals surface area contributed by atoms with Gasteiger partial charge < -0.3 is 14.8 Å². The van der Waals surface area contributed by atoms with Crippen LogP contribution in [-0.2, 0) is 6.42 Å². The molecule has 174 valence electrons. The van der Waals surface area contributed by atoms with Crippen LogP contribution in [0.3, 0.4) is 0 Å². The maximum Gasteiger partial charge on any atom is 0.283 e. The van der Waals surface area contributed by atoms with Crippen molar-refractivity contribution in [3.63, 3.8) is 0 Å². The molecule has 7 nitrogen and oxygen atoms in total. The van der Waals surface area contributed by atoms with E-state index in [9.17, 15) is 9.90 Å². The van der Waals surface area contributed by atoms with Gasteiger partial charge in [-0.1, -0.05) is 51.7 Å². The molecule has 0 spiro atoms. The van der Waals surface area contributed by atoms with Crippen LogP contribution in [0.4, 0.5) is 11.4 Å². The van der Waals surface area contributed by atoms with E-state index in [-0.39, 0.29) is 11.5 Å². The van der Waals surface area contributed by atoms with Crippen molar-refractivity contribution in [1.29, 1.82) is 0 Å². The van der Waals surface area contributed by atoms with Gasteiger partial charge >= 0.3 is 0 Å². The van der Waals surface area contributed by atoms with Crippen molar-refractivity contribution >= 4 is 11.4 Å². The normalized spacial score (nSPS) is 11.2. The number of benzene rings is 2. The number of hydrogen-bond donors (Lipinski definition) is 2. The molecule has 1 aromatic heterocycles. The first-order valence-corrected chi connectivity index (χ1v) is 11.7. The summed E-state index contributed by atoms with van der Waals surface area (Å²) in [7, 11) is 0. The molecule has 0 fully saturated rings. The molecule has 2 N–H and O–H groups in total. The van der Waals surface area contributed by atoms with E-state index in [0.29, 0.717) is 17.9 Å². The zero-order valence-corrected chi connectivity index (χ0v) is 19.4. The summed E-state index contributed by atoms with van der Waals surface area (Å²) in [5.74, 6) is 0.536. The van der Waals surface area contributed by atoms with Crippen LogP contribution >= 0.6 is 0 Å². The van der Waals surface area contributed by atoms with Gasteiger partial charge in [-0.25, -0.2) is 0 Å². The highest BCUT2D eigenvalue weighted by atomic mass is 16.5. The number of aromatic hydroxyl groups is 1. The Balaban J connectivity index is 1.66. The van der Waals surface area contributed by atoms with Gasteiger partial charge in [-0.15, -0.1) is 5.11 Å². The summed E-state index contributed by atoms with van der Waals surface area (Å²) in [6.45, 7) is 4.97. The van der Waals surface area contributed by atoms with Crippen molar-refractivity contribution in [2.45, 2.75) is 58.8 Å². The third-order valence-electron chi connectivity index (χ3n) is 5.29. The molecule has 0 atom stereocenters. The van der Waals surface area contributed by atoms with Crippen LogP contribution in [-0.4, -0.2) is 21.7 Å². The average molecular weight is 449 g/mol. The van der Waals surface area contributed by atoms with Crippen molar-refractivity contribution in [3.05, 3.63) is 64.4 Å². The molecule has 7 heteroatoms. The van der Waals surface area contributed by atoms with Crippen molar-refractivity contribution in [1.82, 2.24) is 9.97 Å². The van der Waals surface area contributed by atoms with Crippen LogP contribution < -0.4 is 10.3 Å². The van der Waals surface area contributed by atoms with E-state index in [0.717, 1.165) is 25.0 Å². The Morgan fingerprint density at radius 1 is 0.909 bits per heavy atom. The highest BCUT2D eigenvalue weighted by Gasteiger charge is 2.12. The number of nitrogens with one attached hydrogen (secondary N) is 1. The van der Waals surface area contributed by atoms with E-state index in [4.69, 9.17) is 4.74 Å². The molecule has 0 aliphatic heterocycles. The zero-order valence-electron chi connectivity index (χ0n) is 19.4. The van der Waals surface area contributed by atoms with E-state index in [1.54, 1.807) is 12.1 Å². The number of hydrogen-bond acceptors (Lipinski definition) is 6. The van der Waals surface area contributed by atoms with Crippen molar-refractivity contribution in [3.8, 4) is 23.0 Å². The van der Waals surface area contributed by atoms with Gasteiger partial charge in [0.15, 0.2) is 0 Å². The Morgan fingerprint density at radius 3 is 2.30 bits per heavy atom. The molecule has 0 aliphatic carbocycles. The first-order chi connectivity index (χ1) is 16.1. The van der Waals surface area contributed by atoms with E-state index in [1.165, 1.54) is 31.2 Å². The van der Waals surface area contributed by atoms with Crippen LogP contribution in [0.15, 0.2) is 63.6 Å². The largest absolute Gasteiger partial charge is 0.494 e. The fraction of sp³-hybridized carbons (Fsp3) is 0.385. The summed E-state index contributed by atoms with van der Waals surface area (Å²) in [6.07, 6.45) is 7.98. The van der Waals surface area contributed by atoms with E-state index < -0.39 is 11.4 Å². The number of nitrogens with zero attached hydrogens (tertiary/aromatic N) is 3. The topological polar surface area (TPSA) is 99.9 Å². The highest BCUT2D eigenvalue weighted by Crippen LogP contribution is 2.26. The van der Waals surface area contributed by atoms with E-state index >= 15 is 0 Å². The Labute approximate surface area is 194 Å². The number of aryl methyl sites for hydroxylation is 1. The maximum absolute atomic E-state index is 12.5. The Morgan fingerprint density at radius 2 is 1.64 bits per heavy atom. The van der Waals surface area contributed by atoms with Gasteiger partial charge in [-0.3, -0.25) is 4.79 Å². The Bertz CT molecular complexity index is 1090. The lowest BCUT2D eigenvalue weighted by Gasteiger charge is -2.07. The van der Waals surface area contributed by atoms with Crippen molar-refractivity contribution < 1.29 is 9.84 Å². The monoisotopic (exact) mass is 448 g/mol. The number of H-pyrrole nitrogens is 1. The van der Waals surface area contributed by atoms with Crippen molar-refractivity contribution in [2.75, 3.05) is 6.61 Å². The number of aromatic amines is 1. The maximum atomic E-state index is 12.5. The second-order valence-electron chi connectivity index (χ2n) is 7.99. The van der Waals surface area contributed by atoms with Crippen LogP contribution in [0.2, 0.25) is 0 Å². The van der Waals surface area contributed by atoms with E-state index in [2.05, 4.69) is 34.0 Å². The SMILES string of the molecule is CCCCCCc1ccc(N=Nc2c(O)nc(-c3ccc(OCCCC)cc3)[nH]c2=O)cc1.